The summed E-state index contributed by atoms with van der Waals surface area (Å²) in [5.74, 6) is 0.650. The standard InChI is InChI=1S/C10H16BrN3O/c1-10(2,3-4-15)14-9-8(12)5-7(11)6-13-9/h5-6,15H,3-4,12H2,1-2H3,(H,13,14). The number of pyridine rings is 1. The average Bonchev–Trinajstić information content (AvgIpc) is 2.09. The highest BCUT2D eigenvalue weighted by atomic mass is 79.9. The molecule has 0 saturated heterocycles. The van der Waals surface area contributed by atoms with Crippen LogP contribution in [0.15, 0.2) is 16.7 Å². The fourth-order valence-corrected chi connectivity index (χ4v) is 1.57. The molecule has 5 heteroatoms. The Bertz CT molecular complexity index is 341. The fourth-order valence-electron chi connectivity index (χ4n) is 1.22. The summed E-state index contributed by atoms with van der Waals surface area (Å²) in [4.78, 5) is 4.18. The number of nitrogens with two attached hydrogens (primary N) is 1. The van der Waals surface area contributed by atoms with Crippen molar-refractivity contribution in [2.45, 2.75) is 25.8 Å². The molecule has 4 N–H and O–H groups in total. The number of nitrogens with one attached hydrogen (secondary N) is 1. The minimum Gasteiger partial charge on any atom is -0.396 e. The van der Waals surface area contributed by atoms with E-state index >= 15 is 0 Å². The van der Waals surface area contributed by atoms with Gasteiger partial charge in [0, 0.05) is 22.8 Å². The summed E-state index contributed by atoms with van der Waals surface area (Å²) in [5, 5.41) is 12.1. The zero-order valence-corrected chi connectivity index (χ0v) is 10.5. The summed E-state index contributed by atoms with van der Waals surface area (Å²) in [6, 6.07) is 1.80. The third-order valence-electron chi connectivity index (χ3n) is 2.08. The van der Waals surface area contributed by atoms with E-state index in [-0.39, 0.29) is 12.1 Å². The number of hydrogen-bond donors (Lipinski definition) is 3. The van der Waals surface area contributed by atoms with Crippen LogP contribution in [0.5, 0.6) is 0 Å². The number of hydrogen-bond acceptors (Lipinski definition) is 4. The van der Waals surface area contributed by atoms with E-state index in [9.17, 15) is 0 Å². The first-order valence-electron chi connectivity index (χ1n) is 4.75. The molecule has 1 heterocycles. The molecule has 0 aromatic carbocycles. The molecule has 4 nitrogen and oxygen atoms in total. The van der Waals surface area contributed by atoms with Gasteiger partial charge in [0.2, 0.25) is 0 Å². The highest BCUT2D eigenvalue weighted by Gasteiger charge is 2.18. The highest BCUT2D eigenvalue weighted by Crippen LogP contribution is 2.24. The maximum atomic E-state index is 8.89. The van der Waals surface area contributed by atoms with Crippen LogP contribution in [0.2, 0.25) is 0 Å². The molecule has 84 valence electrons. The summed E-state index contributed by atoms with van der Waals surface area (Å²) in [5.41, 5.74) is 6.18. The molecule has 0 atom stereocenters. The minimum atomic E-state index is -0.219. The number of rotatable bonds is 4. The number of aromatic nitrogens is 1. The molecule has 0 aliphatic rings. The van der Waals surface area contributed by atoms with Gasteiger partial charge in [-0.25, -0.2) is 4.98 Å². The van der Waals surface area contributed by atoms with E-state index in [1.807, 2.05) is 13.8 Å². The number of aliphatic hydroxyl groups excluding tert-OH is 1. The second-order valence-corrected chi connectivity index (χ2v) is 4.99. The molecule has 0 aliphatic heterocycles. The topological polar surface area (TPSA) is 71.2 Å². The van der Waals surface area contributed by atoms with Crippen molar-refractivity contribution in [2.24, 2.45) is 0 Å². The van der Waals surface area contributed by atoms with Crippen molar-refractivity contribution in [3.8, 4) is 0 Å². The van der Waals surface area contributed by atoms with Gasteiger partial charge >= 0.3 is 0 Å². The molecule has 1 rings (SSSR count). The van der Waals surface area contributed by atoms with Crippen LogP contribution in [-0.4, -0.2) is 22.2 Å². The summed E-state index contributed by atoms with van der Waals surface area (Å²) in [6.07, 6.45) is 2.33. The fraction of sp³-hybridized carbons (Fsp3) is 0.500. The minimum absolute atomic E-state index is 0.135. The van der Waals surface area contributed by atoms with Crippen molar-refractivity contribution in [2.75, 3.05) is 17.7 Å². The van der Waals surface area contributed by atoms with Crippen molar-refractivity contribution in [3.05, 3.63) is 16.7 Å². The largest absolute Gasteiger partial charge is 0.396 e. The molecule has 0 fully saturated rings. The summed E-state index contributed by atoms with van der Waals surface area (Å²) in [7, 11) is 0. The van der Waals surface area contributed by atoms with E-state index in [0.29, 0.717) is 17.9 Å². The smallest absolute Gasteiger partial charge is 0.149 e. The maximum Gasteiger partial charge on any atom is 0.149 e. The monoisotopic (exact) mass is 273 g/mol. The Morgan fingerprint density at radius 2 is 2.27 bits per heavy atom. The van der Waals surface area contributed by atoms with Gasteiger partial charge in [-0.2, -0.15) is 0 Å². The Balaban J connectivity index is 2.80. The Morgan fingerprint density at radius 1 is 1.60 bits per heavy atom. The van der Waals surface area contributed by atoms with Crippen LogP contribution in [-0.2, 0) is 0 Å². The first kappa shape index (κ1) is 12.3. The maximum absolute atomic E-state index is 8.89. The van der Waals surface area contributed by atoms with Crippen molar-refractivity contribution in [1.82, 2.24) is 4.98 Å². The SMILES string of the molecule is CC(C)(CCO)Nc1ncc(Br)cc1N. The van der Waals surface area contributed by atoms with Crippen molar-refractivity contribution in [3.63, 3.8) is 0 Å². The molecule has 1 aromatic heterocycles. The number of nitrogens with zero attached hydrogens (tertiary/aromatic N) is 1. The molecular weight excluding hydrogens is 258 g/mol. The second kappa shape index (κ2) is 4.81. The van der Waals surface area contributed by atoms with E-state index in [0.717, 1.165) is 4.47 Å². The lowest BCUT2D eigenvalue weighted by Gasteiger charge is -2.26. The van der Waals surface area contributed by atoms with Crippen LogP contribution >= 0.6 is 15.9 Å². The molecule has 0 spiro atoms. The molecule has 0 radical (unpaired) electrons. The Kier molecular flexibility index (Phi) is 3.93. The van der Waals surface area contributed by atoms with Gasteiger partial charge in [-0.15, -0.1) is 0 Å². The quantitative estimate of drug-likeness (QED) is 0.785. The van der Waals surface area contributed by atoms with Gasteiger partial charge < -0.3 is 16.2 Å². The summed E-state index contributed by atoms with van der Waals surface area (Å²) >= 11 is 3.30. The molecule has 0 aliphatic carbocycles. The van der Waals surface area contributed by atoms with Crippen LogP contribution in [0.1, 0.15) is 20.3 Å². The zero-order valence-electron chi connectivity index (χ0n) is 8.92. The van der Waals surface area contributed by atoms with Gasteiger partial charge in [-0.1, -0.05) is 0 Å². The van der Waals surface area contributed by atoms with Crippen LogP contribution in [0.25, 0.3) is 0 Å². The normalized spacial score (nSPS) is 11.5. The number of aliphatic hydroxyl groups is 1. The van der Waals surface area contributed by atoms with Gasteiger partial charge in [0.05, 0.1) is 5.69 Å². The molecule has 1 aromatic rings. The van der Waals surface area contributed by atoms with Crippen LogP contribution in [0.4, 0.5) is 11.5 Å². The van der Waals surface area contributed by atoms with E-state index < -0.39 is 0 Å². The van der Waals surface area contributed by atoms with Gasteiger partial charge in [0.1, 0.15) is 5.82 Å². The Hall–Kier alpha value is -0.810. The van der Waals surface area contributed by atoms with E-state index in [1.165, 1.54) is 0 Å². The molecule has 0 saturated carbocycles. The molecule has 15 heavy (non-hydrogen) atoms. The predicted molar refractivity (Wildman–Crippen MR) is 65.8 cm³/mol. The van der Waals surface area contributed by atoms with Crippen LogP contribution < -0.4 is 11.1 Å². The number of halogens is 1. The van der Waals surface area contributed by atoms with Gasteiger partial charge in [-0.3, -0.25) is 0 Å². The van der Waals surface area contributed by atoms with E-state index in [2.05, 4.69) is 26.2 Å². The van der Waals surface area contributed by atoms with Gasteiger partial charge in [0.15, 0.2) is 0 Å². The van der Waals surface area contributed by atoms with Gasteiger partial charge in [0.25, 0.3) is 0 Å². The average molecular weight is 274 g/mol. The lowest BCUT2D eigenvalue weighted by molar-refractivity contribution is 0.260. The molecular formula is C10H16BrN3O. The molecule has 0 unspecified atom stereocenters. The van der Waals surface area contributed by atoms with Crippen molar-refractivity contribution >= 4 is 27.4 Å². The predicted octanol–water partition coefficient (Wildman–Crippen LogP) is 2.00. The van der Waals surface area contributed by atoms with Crippen molar-refractivity contribution in [1.29, 1.82) is 0 Å². The zero-order chi connectivity index (χ0) is 11.5. The lowest BCUT2D eigenvalue weighted by Crippen LogP contribution is -2.32. The third kappa shape index (κ3) is 3.68. The highest BCUT2D eigenvalue weighted by molar-refractivity contribution is 9.10. The lowest BCUT2D eigenvalue weighted by atomic mass is 10.0. The van der Waals surface area contributed by atoms with E-state index in [1.54, 1.807) is 12.3 Å². The van der Waals surface area contributed by atoms with Crippen LogP contribution in [0, 0.1) is 0 Å². The number of anilines is 2. The Labute approximate surface area is 98.0 Å². The first-order chi connectivity index (χ1) is 6.94. The third-order valence-corrected chi connectivity index (χ3v) is 2.51. The second-order valence-electron chi connectivity index (χ2n) is 4.07. The number of nitrogen functional groups attached to an aromatic ring is 1. The van der Waals surface area contributed by atoms with E-state index in [4.69, 9.17) is 10.8 Å². The Morgan fingerprint density at radius 3 is 2.80 bits per heavy atom. The van der Waals surface area contributed by atoms with Crippen LogP contribution in [0.3, 0.4) is 0 Å². The molecule has 0 bridgehead atoms. The van der Waals surface area contributed by atoms with Gasteiger partial charge in [-0.05, 0) is 42.3 Å². The first-order valence-corrected chi connectivity index (χ1v) is 5.54. The summed E-state index contributed by atoms with van der Waals surface area (Å²) in [6.45, 7) is 4.12. The molecule has 0 amide bonds. The summed E-state index contributed by atoms with van der Waals surface area (Å²) < 4.78 is 0.852. The van der Waals surface area contributed by atoms with Crippen molar-refractivity contribution < 1.29 is 5.11 Å².